The maximum atomic E-state index is 5.79. The van der Waals surface area contributed by atoms with Gasteiger partial charge in [-0.25, -0.2) is 0 Å². The highest BCUT2D eigenvalue weighted by Gasteiger charge is 2.28. The van der Waals surface area contributed by atoms with Gasteiger partial charge in [0.25, 0.3) is 0 Å². The van der Waals surface area contributed by atoms with Gasteiger partial charge in [-0.3, -0.25) is 5.32 Å². The fraction of sp³-hybridized carbons (Fsp3) is 1.00. The van der Waals surface area contributed by atoms with Gasteiger partial charge >= 0.3 is 0 Å². The fourth-order valence-electron chi connectivity index (χ4n) is 3.45. The summed E-state index contributed by atoms with van der Waals surface area (Å²) in [6, 6.07) is 2.13. The number of morpholine rings is 1. The monoisotopic (exact) mass is 315 g/mol. The van der Waals surface area contributed by atoms with Gasteiger partial charge in [-0.1, -0.05) is 0 Å². The van der Waals surface area contributed by atoms with E-state index in [-0.39, 0.29) is 6.23 Å². The van der Waals surface area contributed by atoms with Crippen molar-refractivity contribution in [1.82, 2.24) is 16.0 Å². The molecule has 5 unspecified atom stereocenters. The summed E-state index contributed by atoms with van der Waals surface area (Å²) in [6.45, 7) is 5.89. The van der Waals surface area contributed by atoms with E-state index >= 15 is 0 Å². The molecular formula is C15H29N3O2S. The Hall–Kier alpha value is 0.150. The highest BCUT2D eigenvalue weighted by atomic mass is 32.2. The predicted octanol–water partition coefficient (Wildman–Crippen LogP) is 0.553. The number of hydrogen-bond acceptors (Lipinski definition) is 6. The number of hydrogen-bond donors (Lipinski definition) is 3. The van der Waals surface area contributed by atoms with Crippen LogP contribution in [0.5, 0.6) is 0 Å². The Labute approximate surface area is 132 Å². The van der Waals surface area contributed by atoms with Crippen LogP contribution in [-0.4, -0.2) is 68.3 Å². The third-order valence-electron chi connectivity index (χ3n) is 4.40. The molecule has 3 fully saturated rings. The van der Waals surface area contributed by atoms with Gasteiger partial charge in [-0.2, -0.15) is 11.8 Å². The van der Waals surface area contributed by atoms with E-state index in [1.54, 1.807) is 0 Å². The summed E-state index contributed by atoms with van der Waals surface area (Å²) in [5, 5.41) is 10.9. The molecular weight excluding hydrogens is 286 g/mol. The molecule has 0 aromatic heterocycles. The standard InChI is InChI=1S/C15H29N3O2S/c1-11-7-19-8-12(17-11)5-13-9-21-10-14(18-13)6-15-16-3-2-4-20-15/h11-18H,2-10H2,1H3. The topological polar surface area (TPSA) is 54.5 Å². The van der Waals surface area contributed by atoms with Crippen LogP contribution >= 0.6 is 11.8 Å². The van der Waals surface area contributed by atoms with Crippen LogP contribution in [0.4, 0.5) is 0 Å². The number of ether oxygens (including phenoxy) is 2. The van der Waals surface area contributed by atoms with E-state index in [1.165, 1.54) is 11.5 Å². The van der Waals surface area contributed by atoms with Crippen molar-refractivity contribution >= 4 is 11.8 Å². The van der Waals surface area contributed by atoms with Crippen LogP contribution in [0.25, 0.3) is 0 Å². The fourth-order valence-corrected chi connectivity index (χ4v) is 4.62. The van der Waals surface area contributed by atoms with Crippen molar-refractivity contribution in [2.75, 3.05) is 37.9 Å². The molecule has 0 saturated carbocycles. The zero-order valence-corrected chi connectivity index (χ0v) is 13.8. The van der Waals surface area contributed by atoms with Crippen molar-refractivity contribution in [2.45, 2.75) is 56.6 Å². The first-order valence-electron chi connectivity index (χ1n) is 8.32. The Morgan fingerprint density at radius 3 is 2.67 bits per heavy atom. The Balaban J connectivity index is 1.42. The van der Waals surface area contributed by atoms with Crippen LogP contribution in [0.1, 0.15) is 26.2 Å². The average Bonchev–Trinajstić information content (AvgIpc) is 2.49. The maximum absolute atomic E-state index is 5.79. The summed E-state index contributed by atoms with van der Waals surface area (Å²) in [5.74, 6) is 2.41. The van der Waals surface area contributed by atoms with Crippen LogP contribution in [-0.2, 0) is 9.47 Å². The molecule has 3 rings (SSSR count). The van der Waals surface area contributed by atoms with Gasteiger partial charge in [-0.05, 0) is 26.3 Å². The Morgan fingerprint density at radius 1 is 1.05 bits per heavy atom. The second-order valence-corrected chi connectivity index (χ2v) is 7.61. The van der Waals surface area contributed by atoms with Gasteiger partial charge in [0.1, 0.15) is 6.23 Å². The highest BCUT2D eigenvalue weighted by molar-refractivity contribution is 7.99. The zero-order chi connectivity index (χ0) is 14.5. The predicted molar refractivity (Wildman–Crippen MR) is 86.8 cm³/mol. The normalized spacial score (nSPS) is 41.9. The molecule has 0 amide bonds. The van der Waals surface area contributed by atoms with E-state index < -0.39 is 0 Å². The van der Waals surface area contributed by atoms with Crippen LogP contribution in [0, 0.1) is 0 Å². The second-order valence-electron chi connectivity index (χ2n) is 6.54. The van der Waals surface area contributed by atoms with Crippen molar-refractivity contribution in [3.05, 3.63) is 0 Å². The van der Waals surface area contributed by atoms with E-state index in [9.17, 15) is 0 Å². The molecule has 6 heteroatoms. The van der Waals surface area contributed by atoms with Gasteiger partial charge in [0.05, 0.1) is 13.2 Å². The number of nitrogens with one attached hydrogen (secondary N) is 3. The summed E-state index contributed by atoms with van der Waals surface area (Å²) < 4.78 is 11.4. The van der Waals surface area contributed by atoms with Crippen LogP contribution in [0.2, 0.25) is 0 Å². The van der Waals surface area contributed by atoms with E-state index in [2.05, 4.69) is 34.6 Å². The van der Waals surface area contributed by atoms with Crippen LogP contribution in [0.3, 0.4) is 0 Å². The third kappa shape index (κ3) is 5.08. The van der Waals surface area contributed by atoms with E-state index in [1.807, 2.05) is 0 Å². The molecule has 3 heterocycles. The molecule has 0 spiro atoms. The lowest BCUT2D eigenvalue weighted by molar-refractivity contribution is -0.00924. The summed E-state index contributed by atoms with van der Waals surface area (Å²) in [7, 11) is 0. The molecule has 0 bridgehead atoms. The largest absolute Gasteiger partial charge is 0.378 e. The second kappa shape index (κ2) is 8.13. The molecule has 0 aromatic carbocycles. The van der Waals surface area contributed by atoms with Gasteiger partial charge in [-0.15, -0.1) is 0 Å². The van der Waals surface area contributed by atoms with Crippen molar-refractivity contribution in [2.24, 2.45) is 0 Å². The first-order valence-corrected chi connectivity index (χ1v) is 9.47. The summed E-state index contributed by atoms with van der Waals surface area (Å²) in [5.41, 5.74) is 0. The maximum Gasteiger partial charge on any atom is 0.109 e. The highest BCUT2D eigenvalue weighted by Crippen LogP contribution is 2.20. The Kier molecular flexibility index (Phi) is 6.20. The molecule has 3 aliphatic rings. The van der Waals surface area contributed by atoms with Crippen molar-refractivity contribution in [3.63, 3.8) is 0 Å². The van der Waals surface area contributed by atoms with Gasteiger partial charge in [0.15, 0.2) is 0 Å². The average molecular weight is 315 g/mol. The van der Waals surface area contributed by atoms with Crippen LogP contribution in [0.15, 0.2) is 0 Å². The lowest BCUT2D eigenvalue weighted by Gasteiger charge is -2.37. The minimum atomic E-state index is 0.242. The van der Waals surface area contributed by atoms with Gasteiger partial charge in [0.2, 0.25) is 0 Å². The lowest BCUT2D eigenvalue weighted by atomic mass is 10.0. The molecule has 0 aromatic rings. The van der Waals surface area contributed by atoms with Crippen molar-refractivity contribution in [3.8, 4) is 0 Å². The molecule has 21 heavy (non-hydrogen) atoms. The smallest absolute Gasteiger partial charge is 0.109 e. The zero-order valence-electron chi connectivity index (χ0n) is 13.0. The van der Waals surface area contributed by atoms with Crippen molar-refractivity contribution < 1.29 is 9.47 Å². The first kappa shape index (κ1) is 16.0. The van der Waals surface area contributed by atoms with E-state index in [0.717, 1.165) is 45.6 Å². The van der Waals surface area contributed by atoms with Gasteiger partial charge in [0, 0.05) is 48.7 Å². The Morgan fingerprint density at radius 2 is 1.90 bits per heavy atom. The molecule has 0 radical (unpaired) electrons. The third-order valence-corrected chi connectivity index (χ3v) is 5.67. The van der Waals surface area contributed by atoms with Gasteiger partial charge < -0.3 is 20.1 Å². The number of thioether (sulfide) groups is 1. The minimum absolute atomic E-state index is 0.242. The summed E-state index contributed by atoms with van der Waals surface area (Å²) in [6.07, 6.45) is 3.62. The molecule has 0 aliphatic carbocycles. The minimum Gasteiger partial charge on any atom is -0.378 e. The SMILES string of the molecule is CC1COCC(CC2CSCC(CC3NCCCO3)N2)N1. The number of rotatable bonds is 4. The molecule has 3 N–H and O–H groups in total. The molecule has 3 saturated heterocycles. The lowest BCUT2D eigenvalue weighted by Crippen LogP contribution is -2.54. The molecule has 3 aliphatic heterocycles. The first-order chi connectivity index (χ1) is 10.3. The van der Waals surface area contributed by atoms with Crippen LogP contribution < -0.4 is 16.0 Å². The molecule has 122 valence electrons. The summed E-state index contributed by atoms with van der Waals surface area (Å²) >= 11 is 2.07. The molecule has 5 atom stereocenters. The quantitative estimate of drug-likeness (QED) is 0.705. The van der Waals surface area contributed by atoms with E-state index in [0.29, 0.717) is 24.2 Å². The van der Waals surface area contributed by atoms with E-state index in [4.69, 9.17) is 9.47 Å². The molecule has 5 nitrogen and oxygen atoms in total. The Bertz CT molecular complexity index is 315. The summed E-state index contributed by atoms with van der Waals surface area (Å²) in [4.78, 5) is 0. The van der Waals surface area contributed by atoms with Crippen molar-refractivity contribution in [1.29, 1.82) is 0 Å².